The van der Waals surface area contributed by atoms with E-state index in [0.29, 0.717) is 0 Å². The predicted molar refractivity (Wildman–Crippen MR) is 46.8 cm³/mol. The first-order chi connectivity index (χ1) is 5.41. The molecule has 0 fully saturated rings. The van der Waals surface area contributed by atoms with Gasteiger partial charge in [-0.15, -0.1) is 4.52 Å². The molecule has 0 aliphatic rings. The third kappa shape index (κ3) is 4.77. The summed E-state index contributed by atoms with van der Waals surface area (Å²) in [5, 5.41) is 0. The second-order valence-corrected chi connectivity index (χ2v) is 5.01. The Kier molecular flexibility index (Phi) is 5.95. The van der Waals surface area contributed by atoms with Gasteiger partial charge in [0, 0.05) is 11.7 Å². The Morgan fingerprint density at radius 1 is 1.33 bits per heavy atom. The summed E-state index contributed by atoms with van der Waals surface area (Å²) in [5.41, 5.74) is 0. The molecule has 0 radical (unpaired) electrons. The van der Waals surface area contributed by atoms with E-state index in [-0.39, 0.29) is 0 Å². The summed E-state index contributed by atoms with van der Waals surface area (Å²) in [6, 6.07) is 0. The van der Waals surface area contributed by atoms with E-state index in [1.165, 1.54) is 14.2 Å². The van der Waals surface area contributed by atoms with Gasteiger partial charge in [-0.3, -0.25) is 0 Å². The van der Waals surface area contributed by atoms with Crippen LogP contribution in [0.1, 0.15) is 0 Å². The van der Waals surface area contributed by atoms with Crippen molar-refractivity contribution in [3.05, 3.63) is 0 Å². The zero-order valence-corrected chi connectivity index (χ0v) is 9.45. The molecule has 0 aromatic heterocycles. The molecule has 72 valence electrons. The van der Waals surface area contributed by atoms with Crippen LogP contribution in [0.15, 0.2) is 0 Å². The molecule has 12 heavy (non-hydrogen) atoms. The van der Waals surface area contributed by atoms with Crippen LogP contribution in [0.3, 0.4) is 0 Å². The van der Waals surface area contributed by atoms with Gasteiger partial charge in [0.25, 0.3) is 6.29 Å². The molecule has 0 aliphatic carbocycles. The Hall–Kier alpha value is 0.850. The van der Waals surface area contributed by atoms with Crippen LogP contribution in [0.5, 0.6) is 0 Å². The zero-order valence-electron chi connectivity index (χ0n) is 6.29. The molecule has 4 nitrogen and oxygen atoms in total. The van der Waals surface area contributed by atoms with Gasteiger partial charge in [0.15, 0.2) is 0 Å². The first-order valence-corrected chi connectivity index (χ1v) is 4.92. The van der Waals surface area contributed by atoms with Crippen molar-refractivity contribution in [3.63, 3.8) is 0 Å². The number of rotatable bonds is 4. The summed E-state index contributed by atoms with van der Waals surface area (Å²) in [5.74, 6) is 0. The fraction of sp³-hybridized carbons (Fsp3) is 1.00. The average molecular weight is 256 g/mol. The first-order valence-electron chi connectivity index (χ1n) is 2.69. The maximum Gasteiger partial charge on any atom is 0.699 e. The number of ether oxygens (including phenoxy) is 1. The second-order valence-electron chi connectivity index (χ2n) is 1.62. The van der Waals surface area contributed by atoms with E-state index in [1.807, 2.05) is 0 Å². The van der Waals surface area contributed by atoms with Crippen LogP contribution in [0.4, 0.5) is 0 Å². The number of hydrogen-bond acceptors (Lipinski definition) is 4. The van der Waals surface area contributed by atoms with E-state index in [2.05, 4.69) is 13.8 Å². The van der Waals surface area contributed by atoms with Crippen LogP contribution < -0.4 is 0 Å². The molecule has 0 saturated carbocycles. The Morgan fingerprint density at radius 2 is 1.83 bits per heavy atom. The number of methoxy groups -OCH3 is 1. The Bertz CT molecular complexity index is 159. The third-order valence-electron chi connectivity index (χ3n) is 0.812. The summed E-state index contributed by atoms with van der Waals surface area (Å²) < 4.78 is 22.4. The van der Waals surface area contributed by atoms with Gasteiger partial charge in [-0.1, -0.05) is 39.3 Å². The molecular weight excluding hydrogens is 249 g/mol. The molecule has 0 aromatic rings. The summed E-state index contributed by atoms with van der Waals surface area (Å²) in [6.45, 7) is 0. The van der Waals surface area contributed by atoms with E-state index >= 15 is 0 Å². The molecule has 0 amide bonds. The molecular formula is C4H7Cl3O4P+. The summed E-state index contributed by atoms with van der Waals surface area (Å²) >= 11 is 16.2. The quantitative estimate of drug-likeness (QED) is 0.441. The van der Waals surface area contributed by atoms with Crippen LogP contribution in [0.2, 0.25) is 0 Å². The van der Waals surface area contributed by atoms with Crippen LogP contribution in [0, 0.1) is 0 Å². The van der Waals surface area contributed by atoms with Gasteiger partial charge >= 0.3 is 8.25 Å². The molecule has 0 rings (SSSR count). The Labute approximate surface area is 86.0 Å². The van der Waals surface area contributed by atoms with Crippen molar-refractivity contribution >= 4 is 43.1 Å². The minimum absolute atomic E-state index is 1.20. The molecule has 8 heteroatoms. The van der Waals surface area contributed by atoms with Gasteiger partial charge in [0.1, 0.15) is 0 Å². The van der Waals surface area contributed by atoms with Crippen molar-refractivity contribution in [1.29, 1.82) is 0 Å². The summed E-state index contributed by atoms with van der Waals surface area (Å²) in [7, 11) is 0.137. The first kappa shape index (κ1) is 12.8. The van der Waals surface area contributed by atoms with E-state index in [4.69, 9.17) is 34.8 Å². The second kappa shape index (κ2) is 5.55. The van der Waals surface area contributed by atoms with Crippen LogP contribution >= 0.6 is 43.1 Å². The highest BCUT2D eigenvalue weighted by molar-refractivity contribution is 7.33. The van der Waals surface area contributed by atoms with Crippen LogP contribution in [-0.4, -0.2) is 24.3 Å². The number of halogens is 3. The zero-order chi connectivity index (χ0) is 9.78. The SMILES string of the molecule is COC(O[P+](=O)OC)C(Cl)(Cl)Cl. The molecule has 0 heterocycles. The minimum Gasteiger partial charge on any atom is -0.348 e. The Morgan fingerprint density at radius 3 is 2.08 bits per heavy atom. The van der Waals surface area contributed by atoms with E-state index < -0.39 is 18.3 Å². The number of hydrogen-bond donors (Lipinski definition) is 0. The largest absolute Gasteiger partial charge is 0.699 e. The van der Waals surface area contributed by atoms with Crippen molar-refractivity contribution < 1.29 is 18.3 Å². The average Bonchev–Trinajstić information content (AvgIpc) is 1.97. The third-order valence-corrected chi connectivity index (χ3v) is 2.01. The summed E-state index contributed by atoms with van der Waals surface area (Å²) in [6.07, 6.45) is -1.22. The molecule has 0 bridgehead atoms. The van der Waals surface area contributed by atoms with Gasteiger partial charge in [-0.05, 0) is 0 Å². The van der Waals surface area contributed by atoms with E-state index in [1.54, 1.807) is 0 Å². The molecule has 0 saturated heterocycles. The standard InChI is InChI=1S/C4H7Cl3O4P/c1-9-3(4(5,6)7)11-12(8)10-2/h3H,1-2H3/q+1. The van der Waals surface area contributed by atoms with Crippen molar-refractivity contribution in [2.45, 2.75) is 10.1 Å². The molecule has 0 N–H and O–H groups in total. The smallest absolute Gasteiger partial charge is 0.348 e. The van der Waals surface area contributed by atoms with Crippen molar-refractivity contribution in [2.24, 2.45) is 0 Å². The molecule has 2 unspecified atom stereocenters. The van der Waals surface area contributed by atoms with Gasteiger partial charge in [-0.25, -0.2) is 0 Å². The normalized spacial score (nSPS) is 15.9. The fourth-order valence-electron chi connectivity index (χ4n) is 0.358. The van der Waals surface area contributed by atoms with Crippen LogP contribution in [0.25, 0.3) is 0 Å². The maximum atomic E-state index is 10.7. The highest BCUT2D eigenvalue weighted by Gasteiger charge is 2.41. The van der Waals surface area contributed by atoms with Crippen molar-refractivity contribution in [3.8, 4) is 0 Å². The lowest BCUT2D eigenvalue weighted by molar-refractivity contribution is -0.0519. The minimum atomic E-state index is -2.32. The topological polar surface area (TPSA) is 44.8 Å². The molecule has 0 aromatic carbocycles. The van der Waals surface area contributed by atoms with Gasteiger partial charge in [0.2, 0.25) is 3.79 Å². The predicted octanol–water partition coefficient (Wildman–Crippen LogP) is 2.65. The molecule has 0 spiro atoms. The lowest BCUT2D eigenvalue weighted by Crippen LogP contribution is -2.28. The lowest BCUT2D eigenvalue weighted by Gasteiger charge is -2.16. The molecule has 0 aliphatic heterocycles. The van der Waals surface area contributed by atoms with Crippen molar-refractivity contribution in [2.75, 3.05) is 14.2 Å². The highest BCUT2D eigenvalue weighted by atomic mass is 35.6. The number of alkyl halides is 3. The summed E-state index contributed by atoms with van der Waals surface area (Å²) in [4.78, 5) is 0. The van der Waals surface area contributed by atoms with Gasteiger partial charge in [-0.2, -0.15) is 0 Å². The monoisotopic (exact) mass is 255 g/mol. The lowest BCUT2D eigenvalue weighted by atomic mass is 10.7. The molecule has 2 atom stereocenters. The van der Waals surface area contributed by atoms with Crippen LogP contribution in [-0.2, 0) is 18.3 Å². The van der Waals surface area contributed by atoms with E-state index in [9.17, 15) is 4.57 Å². The van der Waals surface area contributed by atoms with Gasteiger partial charge < -0.3 is 4.74 Å². The fourth-order valence-corrected chi connectivity index (χ4v) is 1.43. The maximum absolute atomic E-state index is 10.7. The van der Waals surface area contributed by atoms with Gasteiger partial charge in [0.05, 0.1) is 7.11 Å². The van der Waals surface area contributed by atoms with E-state index in [0.717, 1.165) is 0 Å². The van der Waals surface area contributed by atoms with Crippen molar-refractivity contribution in [1.82, 2.24) is 0 Å². The highest BCUT2D eigenvalue weighted by Crippen LogP contribution is 2.38. The Balaban J connectivity index is 4.09.